The molecule has 60 valence electrons. The minimum Gasteiger partial charge on any atom is -0.479 e. The zero-order valence-electron chi connectivity index (χ0n) is 6.03. The molecule has 0 fully saturated rings. The Morgan fingerprint density at radius 1 is 1.55 bits per heavy atom. The van der Waals surface area contributed by atoms with Crippen LogP contribution in [0.1, 0.15) is 12.8 Å². The Kier molecular flexibility index (Phi) is 2.44. The Morgan fingerprint density at radius 2 is 2.27 bits per heavy atom. The van der Waals surface area contributed by atoms with Gasteiger partial charge in [-0.25, -0.2) is 4.79 Å². The van der Waals surface area contributed by atoms with Gasteiger partial charge < -0.3 is 10.2 Å². The summed E-state index contributed by atoms with van der Waals surface area (Å²) < 4.78 is 0. The molecule has 2 N–H and O–H groups in total. The van der Waals surface area contributed by atoms with Gasteiger partial charge in [0, 0.05) is 0 Å². The van der Waals surface area contributed by atoms with Crippen molar-refractivity contribution in [2.45, 2.75) is 18.9 Å². The molecule has 1 rings (SSSR count). The van der Waals surface area contributed by atoms with Crippen molar-refractivity contribution in [3.05, 3.63) is 23.8 Å². The van der Waals surface area contributed by atoms with E-state index < -0.39 is 12.1 Å². The molecule has 3 heteroatoms. The van der Waals surface area contributed by atoms with Crippen LogP contribution in [-0.4, -0.2) is 22.3 Å². The fourth-order valence-electron chi connectivity index (χ4n) is 0.979. The molecular formula is C8H10O3. The van der Waals surface area contributed by atoms with E-state index in [4.69, 9.17) is 10.2 Å². The van der Waals surface area contributed by atoms with Gasteiger partial charge in [0.15, 0.2) is 6.10 Å². The minimum absolute atomic E-state index is 0.490. The van der Waals surface area contributed by atoms with Gasteiger partial charge in [0.25, 0.3) is 0 Å². The van der Waals surface area contributed by atoms with Gasteiger partial charge in [-0.15, -0.1) is 0 Å². The molecule has 0 aromatic carbocycles. The first kappa shape index (κ1) is 8.01. The molecule has 0 bridgehead atoms. The fraction of sp³-hybridized carbons (Fsp3) is 0.375. The maximum atomic E-state index is 10.3. The number of carboxylic acids is 1. The Labute approximate surface area is 64.7 Å². The number of allylic oxidation sites excluding steroid dienone is 2. The number of carboxylic acid groups (broad SMARTS) is 1. The molecule has 1 aliphatic carbocycles. The van der Waals surface area contributed by atoms with Crippen molar-refractivity contribution in [2.24, 2.45) is 0 Å². The van der Waals surface area contributed by atoms with E-state index in [2.05, 4.69) is 0 Å². The lowest BCUT2D eigenvalue weighted by molar-refractivity contribution is -0.144. The van der Waals surface area contributed by atoms with Crippen LogP contribution in [0.4, 0.5) is 0 Å². The van der Waals surface area contributed by atoms with Crippen LogP contribution in [0.15, 0.2) is 23.8 Å². The third-order valence-corrected chi connectivity index (χ3v) is 1.57. The monoisotopic (exact) mass is 154 g/mol. The van der Waals surface area contributed by atoms with Crippen LogP contribution < -0.4 is 0 Å². The van der Waals surface area contributed by atoms with E-state index in [1.807, 2.05) is 6.08 Å². The van der Waals surface area contributed by atoms with Crippen LogP contribution in [0.5, 0.6) is 0 Å². The highest BCUT2D eigenvalue weighted by atomic mass is 16.4. The predicted octanol–water partition coefficient (Wildman–Crippen LogP) is 0.708. The highest BCUT2D eigenvalue weighted by Gasteiger charge is 2.16. The van der Waals surface area contributed by atoms with Crippen LogP contribution in [0.2, 0.25) is 0 Å². The molecule has 1 unspecified atom stereocenters. The van der Waals surface area contributed by atoms with E-state index in [0.29, 0.717) is 5.57 Å². The fourth-order valence-corrected chi connectivity index (χ4v) is 0.979. The summed E-state index contributed by atoms with van der Waals surface area (Å²) in [7, 11) is 0. The van der Waals surface area contributed by atoms with Gasteiger partial charge in [0.2, 0.25) is 0 Å². The second kappa shape index (κ2) is 3.34. The van der Waals surface area contributed by atoms with Crippen LogP contribution in [0, 0.1) is 0 Å². The summed E-state index contributed by atoms with van der Waals surface area (Å²) in [6.07, 6.45) is 5.65. The Bertz CT molecular complexity index is 215. The Balaban J connectivity index is 2.66. The summed E-state index contributed by atoms with van der Waals surface area (Å²) in [4.78, 5) is 10.3. The number of hydrogen-bond acceptors (Lipinski definition) is 2. The normalized spacial score (nSPS) is 19.2. The Hall–Kier alpha value is -1.09. The molecule has 11 heavy (non-hydrogen) atoms. The molecule has 3 nitrogen and oxygen atoms in total. The van der Waals surface area contributed by atoms with E-state index >= 15 is 0 Å². The first-order valence-corrected chi connectivity index (χ1v) is 3.49. The number of aliphatic hydroxyl groups is 1. The van der Waals surface area contributed by atoms with Gasteiger partial charge in [-0.1, -0.05) is 18.2 Å². The summed E-state index contributed by atoms with van der Waals surface area (Å²) in [5.74, 6) is -1.19. The molecule has 0 aliphatic heterocycles. The SMILES string of the molecule is O=C(O)C(O)C1=CCCC=C1. The maximum absolute atomic E-state index is 10.3. The summed E-state index contributed by atoms with van der Waals surface area (Å²) >= 11 is 0. The largest absolute Gasteiger partial charge is 0.479 e. The van der Waals surface area contributed by atoms with Crippen LogP contribution >= 0.6 is 0 Å². The molecule has 0 saturated carbocycles. The first-order chi connectivity index (χ1) is 5.22. The highest BCUT2D eigenvalue weighted by molar-refractivity contribution is 5.76. The zero-order chi connectivity index (χ0) is 8.27. The van der Waals surface area contributed by atoms with Crippen molar-refractivity contribution in [3.63, 3.8) is 0 Å². The lowest BCUT2D eigenvalue weighted by Crippen LogP contribution is -2.21. The molecule has 0 heterocycles. The number of aliphatic carboxylic acids is 1. The maximum Gasteiger partial charge on any atom is 0.337 e. The van der Waals surface area contributed by atoms with Crippen molar-refractivity contribution in [1.82, 2.24) is 0 Å². The van der Waals surface area contributed by atoms with Crippen molar-refractivity contribution >= 4 is 5.97 Å². The molecule has 1 atom stereocenters. The summed E-state index contributed by atoms with van der Waals surface area (Å²) in [5.41, 5.74) is 0.490. The molecule has 0 amide bonds. The zero-order valence-corrected chi connectivity index (χ0v) is 6.03. The van der Waals surface area contributed by atoms with E-state index in [0.717, 1.165) is 12.8 Å². The highest BCUT2D eigenvalue weighted by Crippen LogP contribution is 2.13. The smallest absolute Gasteiger partial charge is 0.337 e. The first-order valence-electron chi connectivity index (χ1n) is 3.49. The molecule has 0 aromatic rings. The number of aliphatic hydroxyl groups excluding tert-OH is 1. The predicted molar refractivity (Wildman–Crippen MR) is 40.1 cm³/mol. The van der Waals surface area contributed by atoms with Crippen LogP contribution in [-0.2, 0) is 4.79 Å². The van der Waals surface area contributed by atoms with Crippen molar-refractivity contribution < 1.29 is 15.0 Å². The number of carbonyl (C=O) groups is 1. The van der Waals surface area contributed by atoms with E-state index in [9.17, 15) is 4.79 Å². The van der Waals surface area contributed by atoms with Crippen molar-refractivity contribution in [2.75, 3.05) is 0 Å². The topological polar surface area (TPSA) is 57.5 Å². The summed E-state index contributed by atoms with van der Waals surface area (Å²) in [6, 6.07) is 0. The molecule has 1 aliphatic rings. The van der Waals surface area contributed by atoms with Gasteiger partial charge in [-0.3, -0.25) is 0 Å². The van der Waals surface area contributed by atoms with Gasteiger partial charge in [-0.2, -0.15) is 0 Å². The van der Waals surface area contributed by atoms with Crippen molar-refractivity contribution in [1.29, 1.82) is 0 Å². The third-order valence-electron chi connectivity index (χ3n) is 1.57. The average molecular weight is 154 g/mol. The summed E-state index contributed by atoms with van der Waals surface area (Å²) in [6.45, 7) is 0. The second-order valence-corrected chi connectivity index (χ2v) is 2.42. The number of hydrogen-bond donors (Lipinski definition) is 2. The van der Waals surface area contributed by atoms with E-state index in [1.165, 1.54) is 0 Å². The number of rotatable bonds is 2. The Morgan fingerprint density at radius 3 is 2.73 bits per heavy atom. The van der Waals surface area contributed by atoms with Crippen molar-refractivity contribution in [3.8, 4) is 0 Å². The lowest BCUT2D eigenvalue weighted by Gasteiger charge is -2.09. The molecular weight excluding hydrogens is 144 g/mol. The summed E-state index contributed by atoms with van der Waals surface area (Å²) in [5, 5.41) is 17.4. The lowest BCUT2D eigenvalue weighted by atomic mass is 10.0. The quantitative estimate of drug-likeness (QED) is 0.615. The van der Waals surface area contributed by atoms with Gasteiger partial charge >= 0.3 is 5.97 Å². The van der Waals surface area contributed by atoms with Crippen LogP contribution in [0.25, 0.3) is 0 Å². The standard InChI is InChI=1S/C8H10O3/c9-7(8(10)11)6-4-2-1-3-5-6/h2,4-5,7,9H,1,3H2,(H,10,11). The van der Waals surface area contributed by atoms with Gasteiger partial charge in [0.1, 0.15) is 0 Å². The van der Waals surface area contributed by atoms with E-state index in [1.54, 1.807) is 12.2 Å². The third kappa shape index (κ3) is 1.91. The van der Waals surface area contributed by atoms with Crippen LogP contribution in [0.3, 0.4) is 0 Å². The molecule has 0 saturated heterocycles. The van der Waals surface area contributed by atoms with Gasteiger partial charge in [-0.05, 0) is 18.4 Å². The molecule has 0 radical (unpaired) electrons. The molecule has 0 spiro atoms. The minimum atomic E-state index is -1.36. The molecule has 0 aromatic heterocycles. The van der Waals surface area contributed by atoms with E-state index in [-0.39, 0.29) is 0 Å². The second-order valence-electron chi connectivity index (χ2n) is 2.42. The average Bonchev–Trinajstić information content (AvgIpc) is 2.05. The van der Waals surface area contributed by atoms with Gasteiger partial charge in [0.05, 0.1) is 0 Å².